The summed E-state index contributed by atoms with van der Waals surface area (Å²) in [5.41, 5.74) is 3.52. The van der Waals surface area contributed by atoms with Gasteiger partial charge in [-0.25, -0.2) is 13.1 Å². The smallest absolute Gasteiger partial charge is 0.240 e. The molecule has 6 heteroatoms. The van der Waals surface area contributed by atoms with Crippen molar-refractivity contribution >= 4 is 15.9 Å². The predicted octanol–water partition coefficient (Wildman–Crippen LogP) is 3.14. The third-order valence-corrected chi connectivity index (χ3v) is 6.47. The molecule has 0 fully saturated rings. The van der Waals surface area contributed by atoms with Gasteiger partial charge in [0.05, 0.1) is 4.90 Å². The van der Waals surface area contributed by atoms with Crippen LogP contribution in [0.4, 0.5) is 0 Å². The summed E-state index contributed by atoms with van der Waals surface area (Å²) in [6, 6.07) is 15.1. The van der Waals surface area contributed by atoms with Gasteiger partial charge in [-0.15, -0.1) is 0 Å². The number of aryl methyl sites for hydroxylation is 1. The molecule has 0 atom stereocenters. The van der Waals surface area contributed by atoms with Crippen LogP contribution >= 0.6 is 0 Å². The van der Waals surface area contributed by atoms with Gasteiger partial charge < -0.3 is 4.90 Å². The fraction of sp³-hybridized carbons (Fsp3) is 0.409. The van der Waals surface area contributed by atoms with E-state index >= 15 is 0 Å². The van der Waals surface area contributed by atoms with Gasteiger partial charge in [-0.05, 0) is 47.6 Å². The minimum atomic E-state index is -3.47. The van der Waals surface area contributed by atoms with Crippen molar-refractivity contribution in [3.8, 4) is 0 Å². The predicted molar refractivity (Wildman–Crippen MR) is 110 cm³/mol. The monoisotopic (exact) mass is 400 g/mol. The SMILES string of the molecule is CC(C)CNS(=O)(=O)c1ccc(CCC(=O)N2CCc3ccccc3C2)cc1. The lowest BCUT2D eigenvalue weighted by atomic mass is 9.99. The summed E-state index contributed by atoms with van der Waals surface area (Å²) in [6.07, 6.45) is 1.94. The fourth-order valence-electron chi connectivity index (χ4n) is 3.31. The first-order valence-electron chi connectivity index (χ1n) is 9.78. The van der Waals surface area contributed by atoms with Crippen molar-refractivity contribution in [2.45, 2.75) is 44.6 Å². The van der Waals surface area contributed by atoms with Crippen molar-refractivity contribution in [3.05, 3.63) is 65.2 Å². The second-order valence-electron chi connectivity index (χ2n) is 7.72. The maximum Gasteiger partial charge on any atom is 0.240 e. The average Bonchev–Trinajstić information content (AvgIpc) is 2.70. The van der Waals surface area contributed by atoms with E-state index < -0.39 is 10.0 Å². The number of sulfonamides is 1. The van der Waals surface area contributed by atoms with Crippen LogP contribution in [-0.4, -0.2) is 32.3 Å². The standard InChI is InChI=1S/C22H28N2O3S/c1-17(2)15-23-28(26,27)21-10-7-18(8-11-21)9-12-22(25)24-14-13-19-5-3-4-6-20(19)16-24/h3-8,10-11,17,23H,9,12-16H2,1-2H3. The molecule has 0 saturated heterocycles. The second kappa shape index (κ2) is 8.88. The van der Waals surface area contributed by atoms with Crippen molar-refractivity contribution in [2.75, 3.05) is 13.1 Å². The second-order valence-corrected chi connectivity index (χ2v) is 9.49. The zero-order chi connectivity index (χ0) is 20.1. The number of benzene rings is 2. The summed E-state index contributed by atoms with van der Waals surface area (Å²) in [7, 11) is -3.47. The van der Waals surface area contributed by atoms with Crippen LogP contribution in [0.1, 0.15) is 37.0 Å². The summed E-state index contributed by atoms with van der Waals surface area (Å²) in [6.45, 7) is 5.77. The molecule has 1 amide bonds. The Bertz CT molecular complexity index is 921. The third kappa shape index (κ3) is 5.20. The van der Waals surface area contributed by atoms with E-state index in [4.69, 9.17) is 0 Å². The molecule has 1 aliphatic heterocycles. The van der Waals surface area contributed by atoms with Gasteiger partial charge in [0.1, 0.15) is 0 Å². The summed E-state index contributed by atoms with van der Waals surface area (Å²) >= 11 is 0. The summed E-state index contributed by atoms with van der Waals surface area (Å²) in [5, 5.41) is 0. The number of hydrogen-bond donors (Lipinski definition) is 1. The number of rotatable bonds is 7. The van der Waals surface area contributed by atoms with Gasteiger partial charge in [-0.3, -0.25) is 4.79 Å². The molecule has 0 bridgehead atoms. The van der Waals surface area contributed by atoms with E-state index in [9.17, 15) is 13.2 Å². The Kier molecular flexibility index (Phi) is 6.52. The van der Waals surface area contributed by atoms with Crippen LogP contribution in [-0.2, 0) is 34.2 Å². The van der Waals surface area contributed by atoms with Gasteiger partial charge in [0.2, 0.25) is 15.9 Å². The largest absolute Gasteiger partial charge is 0.338 e. The minimum Gasteiger partial charge on any atom is -0.338 e. The van der Waals surface area contributed by atoms with E-state index in [1.807, 2.05) is 30.9 Å². The van der Waals surface area contributed by atoms with Crippen molar-refractivity contribution < 1.29 is 13.2 Å². The molecule has 0 spiro atoms. The molecule has 1 aliphatic rings. The number of carbonyl (C=O) groups is 1. The highest BCUT2D eigenvalue weighted by Crippen LogP contribution is 2.20. The highest BCUT2D eigenvalue weighted by Gasteiger charge is 2.20. The maximum atomic E-state index is 12.6. The van der Waals surface area contributed by atoms with Gasteiger partial charge in [0.25, 0.3) is 0 Å². The Balaban J connectivity index is 1.54. The molecule has 0 aliphatic carbocycles. The maximum absolute atomic E-state index is 12.6. The van der Waals surface area contributed by atoms with Gasteiger partial charge in [-0.1, -0.05) is 50.2 Å². The molecular weight excluding hydrogens is 372 g/mol. The first kappa shape index (κ1) is 20.6. The number of fused-ring (bicyclic) bond motifs is 1. The number of hydrogen-bond acceptors (Lipinski definition) is 3. The molecule has 0 radical (unpaired) electrons. The topological polar surface area (TPSA) is 66.5 Å². The van der Waals surface area contributed by atoms with Crippen LogP contribution in [0.15, 0.2) is 53.4 Å². The molecule has 0 saturated carbocycles. The Morgan fingerprint density at radius 3 is 2.43 bits per heavy atom. The lowest BCUT2D eigenvalue weighted by Crippen LogP contribution is -2.36. The van der Waals surface area contributed by atoms with Crippen molar-refractivity contribution in [3.63, 3.8) is 0 Å². The molecule has 1 heterocycles. The Morgan fingerprint density at radius 2 is 1.75 bits per heavy atom. The molecule has 3 rings (SSSR count). The van der Waals surface area contributed by atoms with Crippen LogP contribution in [0, 0.1) is 5.92 Å². The van der Waals surface area contributed by atoms with Crippen LogP contribution in [0.5, 0.6) is 0 Å². The van der Waals surface area contributed by atoms with Crippen LogP contribution in [0.3, 0.4) is 0 Å². The van der Waals surface area contributed by atoms with E-state index in [1.54, 1.807) is 24.3 Å². The summed E-state index contributed by atoms with van der Waals surface area (Å²) in [5.74, 6) is 0.395. The number of carbonyl (C=O) groups excluding carboxylic acids is 1. The number of nitrogens with zero attached hydrogens (tertiary/aromatic N) is 1. The molecule has 2 aromatic carbocycles. The number of nitrogens with one attached hydrogen (secondary N) is 1. The first-order chi connectivity index (χ1) is 13.3. The van der Waals surface area contributed by atoms with Crippen molar-refractivity contribution in [2.24, 2.45) is 5.92 Å². The quantitative estimate of drug-likeness (QED) is 0.776. The van der Waals surface area contributed by atoms with Gasteiger partial charge in [-0.2, -0.15) is 0 Å². The zero-order valence-electron chi connectivity index (χ0n) is 16.5. The molecule has 28 heavy (non-hydrogen) atoms. The van der Waals surface area contributed by atoms with E-state index in [2.05, 4.69) is 16.9 Å². The summed E-state index contributed by atoms with van der Waals surface area (Å²) < 4.78 is 27.1. The molecule has 1 N–H and O–H groups in total. The Hall–Kier alpha value is -2.18. The van der Waals surface area contributed by atoms with Gasteiger partial charge in [0.15, 0.2) is 0 Å². The fourth-order valence-corrected chi connectivity index (χ4v) is 4.53. The molecule has 2 aromatic rings. The van der Waals surface area contributed by atoms with Crippen LogP contribution < -0.4 is 4.72 Å². The zero-order valence-corrected chi connectivity index (χ0v) is 17.3. The highest BCUT2D eigenvalue weighted by atomic mass is 32.2. The van der Waals surface area contributed by atoms with Gasteiger partial charge >= 0.3 is 0 Å². The normalized spacial score (nSPS) is 14.2. The van der Waals surface area contributed by atoms with Gasteiger partial charge in [0, 0.05) is 26.1 Å². The Labute approximate surface area is 167 Å². The molecule has 150 valence electrons. The van der Waals surface area contributed by atoms with Crippen LogP contribution in [0.2, 0.25) is 0 Å². The molecule has 0 aromatic heterocycles. The molecule has 5 nitrogen and oxygen atoms in total. The molecular formula is C22H28N2O3S. The molecule has 0 unspecified atom stereocenters. The number of amides is 1. The van der Waals surface area contributed by atoms with E-state index in [-0.39, 0.29) is 16.7 Å². The first-order valence-corrected chi connectivity index (χ1v) is 11.3. The highest BCUT2D eigenvalue weighted by molar-refractivity contribution is 7.89. The van der Waals surface area contributed by atoms with Crippen molar-refractivity contribution in [1.82, 2.24) is 9.62 Å². The average molecular weight is 401 g/mol. The summed E-state index contributed by atoms with van der Waals surface area (Å²) in [4.78, 5) is 14.8. The third-order valence-electron chi connectivity index (χ3n) is 5.03. The lowest BCUT2D eigenvalue weighted by molar-refractivity contribution is -0.132. The van der Waals surface area contributed by atoms with E-state index in [0.717, 1.165) is 18.5 Å². The van der Waals surface area contributed by atoms with E-state index in [0.29, 0.717) is 25.9 Å². The minimum absolute atomic E-state index is 0.143. The van der Waals surface area contributed by atoms with Crippen LogP contribution in [0.25, 0.3) is 0 Å². The lowest BCUT2D eigenvalue weighted by Gasteiger charge is -2.29. The van der Waals surface area contributed by atoms with Crippen molar-refractivity contribution in [1.29, 1.82) is 0 Å². The van der Waals surface area contributed by atoms with E-state index in [1.165, 1.54) is 11.1 Å². The Morgan fingerprint density at radius 1 is 1.07 bits per heavy atom.